The molecular formula is C28H43F2O10S-. The van der Waals surface area contributed by atoms with Crippen molar-refractivity contribution in [3.05, 3.63) is 0 Å². The van der Waals surface area contributed by atoms with Gasteiger partial charge in [0.05, 0.1) is 18.3 Å². The number of esters is 2. The van der Waals surface area contributed by atoms with Crippen molar-refractivity contribution in [3.63, 3.8) is 0 Å². The number of ether oxygens (including phenoxy) is 2. The molecule has 3 unspecified atom stereocenters. The molecule has 0 spiro atoms. The molecule has 0 aliphatic heterocycles. The third-order valence-corrected chi connectivity index (χ3v) is 12.3. The normalized spacial score (nSPS) is 41.5. The molecule has 13 heteroatoms. The quantitative estimate of drug-likeness (QED) is 0.261. The molecule has 0 aromatic carbocycles. The Morgan fingerprint density at radius 3 is 2.37 bits per heavy atom. The van der Waals surface area contributed by atoms with Crippen LogP contribution in [0.15, 0.2) is 0 Å². The Kier molecular flexibility index (Phi) is 9.19. The molecule has 0 saturated heterocycles. The van der Waals surface area contributed by atoms with Gasteiger partial charge in [-0.15, -0.1) is 0 Å². The summed E-state index contributed by atoms with van der Waals surface area (Å²) in [4.78, 5) is 23.8. The summed E-state index contributed by atoms with van der Waals surface area (Å²) in [5.41, 5.74) is -0.473. The zero-order chi connectivity index (χ0) is 30.5. The molecule has 41 heavy (non-hydrogen) atoms. The van der Waals surface area contributed by atoms with Crippen molar-refractivity contribution in [1.29, 1.82) is 0 Å². The lowest BCUT2D eigenvalue weighted by atomic mass is 9.43. The molecule has 0 aromatic heterocycles. The zero-order valence-electron chi connectivity index (χ0n) is 23.8. The maximum atomic E-state index is 13.1. The summed E-state index contributed by atoms with van der Waals surface area (Å²) in [5.74, 6) is -1.48. The van der Waals surface area contributed by atoms with Crippen molar-refractivity contribution in [2.75, 3.05) is 13.2 Å². The van der Waals surface area contributed by atoms with E-state index in [4.69, 9.17) is 4.74 Å². The number of halogens is 2. The van der Waals surface area contributed by atoms with Gasteiger partial charge in [-0.2, -0.15) is 8.78 Å². The first-order valence-corrected chi connectivity index (χ1v) is 16.0. The maximum absolute atomic E-state index is 13.1. The van der Waals surface area contributed by atoms with Crippen LogP contribution in [0.25, 0.3) is 0 Å². The minimum atomic E-state index is -6.00. The molecule has 4 saturated carbocycles. The van der Waals surface area contributed by atoms with E-state index in [1.807, 2.05) is 6.92 Å². The molecule has 0 bridgehead atoms. The van der Waals surface area contributed by atoms with Crippen molar-refractivity contribution in [2.45, 2.75) is 102 Å². The first-order valence-electron chi connectivity index (χ1n) is 14.6. The van der Waals surface area contributed by atoms with Crippen LogP contribution in [0.3, 0.4) is 0 Å². The highest BCUT2D eigenvalue weighted by Gasteiger charge is 2.65. The molecule has 0 amide bonds. The summed E-state index contributed by atoms with van der Waals surface area (Å²) in [5, 5.41) is 28.5. The maximum Gasteiger partial charge on any atom is 0.367 e. The average Bonchev–Trinajstić information content (AvgIpc) is 3.24. The lowest BCUT2D eigenvalue weighted by Gasteiger charge is -2.63. The summed E-state index contributed by atoms with van der Waals surface area (Å²) in [7, 11) is -6.00. The van der Waals surface area contributed by atoms with Crippen LogP contribution in [0.5, 0.6) is 0 Å². The molecule has 11 atom stereocenters. The standard InChI is InChI=1S/C28H44F2O10S/c1-15(4-7-23(34)39-13-24(35)40-14-28(29,30)41(36,37)38)18-5-6-19-25-20(12-22(33)27(18,19)3)26(2)9-8-17(31)10-16(26)11-21(25)32/h15-22,25,31-33H,4-14H2,1-3H3,(H,36,37,38)/p-1/t15-,16+,17?,18-,19+,20+,21?,22?,25+,26+,27-/m1/s1. The lowest BCUT2D eigenvalue weighted by Crippen LogP contribution is -2.62. The van der Waals surface area contributed by atoms with Crippen molar-refractivity contribution in [1.82, 2.24) is 0 Å². The molecule has 4 rings (SSSR count). The van der Waals surface area contributed by atoms with E-state index in [0.717, 1.165) is 25.7 Å². The van der Waals surface area contributed by atoms with Crippen LogP contribution in [-0.2, 0) is 29.2 Å². The van der Waals surface area contributed by atoms with E-state index < -0.39 is 58.1 Å². The van der Waals surface area contributed by atoms with Gasteiger partial charge >= 0.3 is 17.2 Å². The number of fused-ring (bicyclic) bond motifs is 5. The van der Waals surface area contributed by atoms with Crippen molar-refractivity contribution >= 4 is 22.1 Å². The second-order valence-corrected chi connectivity index (χ2v) is 15.0. The van der Waals surface area contributed by atoms with E-state index in [-0.39, 0.29) is 53.4 Å². The van der Waals surface area contributed by atoms with Crippen molar-refractivity contribution < 1.29 is 56.1 Å². The summed E-state index contributed by atoms with van der Waals surface area (Å²) in [6.45, 7) is 3.42. The lowest BCUT2D eigenvalue weighted by molar-refractivity contribution is -0.207. The SMILES string of the molecule is C[C@H](CCC(=O)OCC(=O)OCC(F)(F)S(=O)(=O)[O-])[C@H]1CC[C@H]2[C@@H]3C(O)C[C@@H]4CC(O)CC[C@]4(C)[C@H]3CC(O)[C@]12C. The first-order chi connectivity index (χ1) is 18.9. The zero-order valence-corrected chi connectivity index (χ0v) is 24.7. The van der Waals surface area contributed by atoms with Gasteiger partial charge in [0.25, 0.3) is 0 Å². The minimum Gasteiger partial charge on any atom is -0.743 e. The van der Waals surface area contributed by atoms with Gasteiger partial charge in [0.15, 0.2) is 23.3 Å². The Morgan fingerprint density at radius 2 is 1.71 bits per heavy atom. The molecule has 236 valence electrons. The highest BCUT2D eigenvalue weighted by Crippen LogP contribution is 2.68. The molecule has 0 heterocycles. The van der Waals surface area contributed by atoms with E-state index >= 15 is 0 Å². The molecular weight excluding hydrogens is 566 g/mol. The van der Waals surface area contributed by atoms with Gasteiger partial charge in [-0.1, -0.05) is 20.8 Å². The molecule has 10 nitrogen and oxygen atoms in total. The Bertz CT molecular complexity index is 1100. The van der Waals surface area contributed by atoms with E-state index in [2.05, 4.69) is 18.6 Å². The van der Waals surface area contributed by atoms with E-state index in [1.54, 1.807) is 0 Å². The number of hydrogen-bond donors (Lipinski definition) is 3. The monoisotopic (exact) mass is 609 g/mol. The van der Waals surface area contributed by atoms with Crippen LogP contribution in [0.2, 0.25) is 0 Å². The van der Waals surface area contributed by atoms with Crippen molar-refractivity contribution in [3.8, 4) is 0 Å². The van der Waals surface area contributed by atoms with Gasteiger partial charge in [0.2, 0.25) is 0 Å². The third-order valence-electron chi connectivity index (χ3n) is 11.4. The molecule has 4 fully saturated rings. The first kappa shape index (κ1) is 32.5. The number of aliphatic hydroxyl groups is 3. The van der Waals surface area contributed by atoms with Gasteiger partial charge in [-0.3, -0.25) is 4.79 Å². The highest BCUT2D eigenvalue weighted by molar-refractivity contribution is 7.86. The number of carbonyl (C=O) groups is 2. The fourth-order valence-corrected chi connectivity index (χ4v) is 9.37. The second-order valence-electron chi connectivity index (χ2n) is 13.5. The van der Waals surface area contributed by atoms with Crippen LogP contribution in [0, 0.1) is 46.3 Å². The van der Waals surface area contributed by atoms with E-state index in [1.165, 1.54) is 0 Å². The van der Waals surface area contributed by atoms with Crippen LogP contribution < -0.4 is 0 Å². The van der Waals surface area contributed by atoms with Gasteiger partial charge in [-0.25, -0.2) is 13.2 Å². The average molecular weight is 610 g/mol. The van der Waals surface area contributed by atoms with Crippen LogP contribution in [0.1, 0.15) is 78.6 Å². The number of aliphatic hydroxyl groups excluding tert-OH is 3. The molecule has 4 aliphatic carbocycles. The topological polar surface area (TPSA) is 170 Å². The fraction of sp³-hybridized carbons (Fsp3) is 0.929. The van der Waals surface area contributed by atoms with Gasteiger partial charge in [0.1, 0.15) is 0 Å². The largest absolute Gasteiger partial charge is 0.743 e. The van der Waals surface area contributed by atoms with Gasteiger partial charge in [0, 0.05) is 6.42 Å². The summed E-state index contributed by atoms with van der Waals surface area (Å²) in [6.07, 6.45) is 4.22. The predicted octanol–water partition coefficient (Wildman–Crippen LogP) is 2.59. The summed E-state index contributed by atoms with van der Waals surface area (Å²) in [6, 6.07) is 0. The molecule has 4 aliphatic rings. The molecule has 3 N–H and O–H groups in total. The van der Waals surface area contributed by atoms with E-state index in [9.17, 15) is 46.7 Å². The van der Waals surface area contributed by atoms with Gasteiger partial charge < -0.3 is 29.3 Å². The molecule has 0 radical (unpaired) electrons. The number of carbonyl (C=O) groups excluding carboxylic acids is 2. The summed E-state index contributed by atoms with van der Waals surface area (Å²) >= 11 is 0. The number of alkyl halides is 2. The second kappa shape index (κ2) is 11.6. The molecule has 0 aromatic rings. The van der Waals surface area contributed by atoms with Crippen LogP contribution in [-0.4, -0.2) is 77.0 Å². The minimum absolute atomic E-state index is 0.00514. The van der Waals surface area contributed by atoms with Crippen LogP contribution in [0.4, 0.5) is 8.78 Å². The van der Waals surface area contributed by atoms with E-state index in [0.29, 0.717) is 25.7 Å². The van der Waals surface area contributed by atoms with Crippen LogP contribution >= 0.6 is 0 Å². The highest BCUT2D eigenvalue weighted by atomic mass is 32.2. The Balaban J connectivity index is 1.32. The number of rotatable bonds is 9. The fourth-order valence-electron chi connectivity index (χ4n) is 9.17. The Morgan fingerprint density at radius 1 is 1.02 bits per heavy atom. The van der Waals surface area contributed by atoms with Crippen molar-refractivity contribution in [2.24, 2.45) is 46.3 Å². The predicted molar refractivity (Wildman–Crippen MR) is 139 cm³/mol. The third kappa shape index (κ3) is 6.03. The Hall–Kier alpha value is -1.41. The smallest absolute Gasteiger partial charge is 0.367 e. The Labute approximate surface area is 239 Å². The van der Waals surface area contributed by atoms with Gasteiger partial charge in [-0.05, 0) is 97.7 Å². The number of hydrogen-bond acceptors (Lipinski definition) is 10. The summed E-state index contributed by atoms with van der Waals surface area (Å²) < 4.78 is 66.5.